The summed E-state index contributed by atoms with van der Waals surface area (Å²) in [7, 11) is 0. The molecular weight excluding hydrogens is 166 g/mol. The Balaban J connectivity index is 2.23. The van der Waals surface area contributed by atoms with E-state index >= 15 is 0 Å². The van der Waals surface area contributed by atoms with Gasteiger partial charge >= 0.3 is 0 Å². The van der Waals surface area contributed by atoms with Crippen molar-refractivity contribution in [3.8, 4) is 0 Å². The van der Waals surface area contributed by atoms with E-state index in [1.165, 1.54) is 0 Å². The third-order valence-electron chi connectivity index (χ3n) is 3.78. The van der Waals surface area contributed by atoms with Crippen LogP contribution in [0, 0.1) is 11.3 Å². The number of hydrogen-bond donors (Lipinski definition) is 1. The van der Waals surface area contributed by atoms with Crippen LogP contribution in [0.1, 0.15) is 26.7 Å². The summed E-state index contributed by atoms with van der Waals surface area (Å²) in [6.07, 6.45) is 2.21. The zero-order chi connectivity index (χ0) is 9.47. The lowest BCUT2D eigenvalue weighted by Gasteiger charge is -2.38. The fourth-order valence-electron chi connectivity index (χ4n) is 2.64. The minimum atomic E-state index is 0.0787. The number of carbonyl (C=O) groups is 1. The topological polar surface area (TPSA) is 38.3 Å². The molecule has 0 bridgehead atoms. The van der Waals surface area contributed by atoms with Crippen molar-refractivity contribution in [1.82, 2.24) is 5.32 Å². The van der Waals surface area contributed by atoms with E-state index in [4.69, 9.17) is 4.74 Å². The van der Waals surface area contributed by atoms with Gasteiger partial charge in [-0.2, -0.15) is 0 Å². The predicted molar refractivity (Wildman–Crippen MR) is 49.3 cm³/mol. The van der Waals surface area contributed by atoms with Gasteiger partial charge < -0.3 is 10.1 Å². The smallest absolute Gasteiger partial charge is 0.223 e. The van der Waals surface area contributed by atoms with Crippen molar-refractivity contribution in [2.24, 2.45) is 11.3 Å². The maximum absolute atomic E-state index is 11.5. The van der Waals surface area contributed by atoms with E-state index in [0.29, 0.717) is 0 Å². The van der Waals surface area contributed by atoms with Crippen molar-refractivity contribution in [2.75, 3.05) is 13.2 Å². The third-order valence-corrected chi connectivity index (χ3v) is 3.78. The van der Waals surface area contributed by atoms with Crippen molar-refractivity contribution in [3.05, 3.63) is 0 Å². The van der Waals surface area contributed by atoms with Gasteiger partial charge in [-0.05, 0) is 19.8 Å². The first kappa shape index (κ1) is 9.00. The first-order valence-electron chi connectivity index (χ1n) is 5.05. The van der Waals surface area contributed by atoms with Gasteiger partial charge in [-0.1, -0.05) is 6.92 Å². The molecule has 0 aromatic carbocycles. The first-order valence-corrected chi connectivity index (χ1v) is 5.05. The van der Waals surface area contributed by atoms with Gasteiger partial charge in [0.1, 0.15) is 0 Å². The summed E-state index contributed by atoms with van der Waals surface area (Å²) in [4.78, 5) is 11.5. The highest BCUT2D eigenvalue weighted by Crippen LogP contribution is 2.43. The highest BCUT2D eigenvalue weighted by Gasteiger charge is 2.51. The predicted octanol–water partition coefficient (Wildman–Crippen LogP) is 0.938. The molecule has 3 atom stereocenters. The molecule has 2 fully saturated rings. The second-order valence-electron chi connectivity index (χ2n) is 4.34. The molecule has 0 saturated carbocycles. The van der Waals surface area contributed by atoms with Gasteiger partial charge in [0.2, 0.25) is 5.91 Å². The minimum Gasteiger partial charge on any atom is -0.381 e. The van der Waals surface area contributed by atoms with E-state index in [2.05, 4.69) is 12.2 Å². The Bertz CT molecular complexity index is 221. The van der Waals surface area contributed by atoms with Gasteiger partial charge in [0, 0.05) is 24.0 Å². The van der Waals surface area contributed by atoms with E-state index in [1.54, 1.807) is 0 Å². The molecular formula is C10H17NO2. The number of nitrogens with one attached hydrogen (secondary N) is 1. The van der Waals surface area contributed by atoms with Crippen LogP contribution in [0.15, 0.2) is 0 Å². The third kappa shape index (κ3) is 1.17. The maximum atomic E-state index is 11.5. The summed E-state index contributed by atoms with van der Waals surface area (Å²) in [6, 6.07) is 0.273. The number of rotatable bonds is 0. The molecule has 3 heteroatoms. The van der Waals surface area contributed by atoms with E-state index < -0.39 is 0 Å². The van der Waals surface area contributed by atoms with Crippen molar-refractivity contribution in [2.45, 2.75) is 32.7 Å². The molecule has 1 N–H and O–H groups in total. The summed E-state index contributed by atoms with van der Waals surface area (Å²) in [5.74, 6) is 0.306. The van der Waals surface area contributed by atoms with Gasteiger partial charge in [0.25, 0.3) is 0 Å². The van der Waals surface area contributed by atoms with E-state index in [9.17, 15) is 4.79 Å². The maximum Gasteiger partial charge on any atom is 0.223 e. The Morgan fingerprint density at radius 1 is 1.54 bits per heavy atom. The average molecular weight is 183 g/mol. The fraction of sp³-hybridized carbons (Fsp3) is 0.900. The lowest BCUT2D eigenvalue weighted by atomic mass is 9.70. The normalized spacial score (nSPS) is 45.2. The SMILES string of the molecule is CC1NC(=O)C(C)C12CCCOC2. The van der Waals surface area contributed by atoms with Gasteiger partial charge in [0.15, 0.2) is 0 Å². The molecule has 2 aliphatic rings. The molecule has 0 aromatic heterocycles. The fourth-order valence-corrected chi connectivity index (χ4v) is 2.64. The molecule has 2 aliphatic heterocycles. The lowest BCUT2D eigenvalue weighted by Crippen LogP contribution is -2.43. The molecule has 2 rings (SSSR count). The molecule has 13 heavy (non-hydrogen) atoms. The van der Waals surface area contributed by atoms with Crippen LogP contribution in [0.25, 0.3) is 0 Å². The van der Waals surface area contributed by atoms with E-state index in [-0.39, 0.29) is 23.3 Å². The van der Waals surface area contributed by atoms with Crippen molar-refractivity contribution in [1.29, 1.82) is 0 Å². The van der Waals surface area contributed by atoms with Crippen LogP contribution < -0.4 is 5.32 Å². The molecule has 3 unspecified atom stereocenters. The van der Waals surface area contributed by atoms with Crippen LogP contribution >= 0.6 is 0 Å². The number of hydrogen-bond acceptors (Lipinski definition) is 2. The van der Waals surface area contributed by atoms with Crippen LogP contribution in [-0.2, 0) is 9.53 Å². The molecule has 3 nitrogen and oxygen atoms in total. The van der Waals surface area contributed by atoms with E-state index in [0.717, 1.165) is 26.1 Å². The number of carbonyl (C=O) groups excluding carboxylic acids is 1. The Labute approximate surface area is 78.8 Å². The quantitative estimate of drug-likeness (QED) is 0.607. The summed E-state index contributed by atoms with van der Waals surface area (Å²) in [5, 5.41) is 3.01. The Morgan fingerprint density at radius 3 is 2.77 bits per heavy atom. The minimum absolute atomic E-state index is 0.0787. The molecule has 1 amide bonds. The lowest BCUT2D eigenvalue weighted by molar-refractivity contribution is -0.125. The van der Waals surface area contributed by atoms with Crippen LogP contribution in [0.4, 0.5) is 0 Å². The Kier molecular flexibility index (Phi) is 2.06. The molecule has 74 valence electrons. The summed E-state index contributed by atoms with van der Waals surface area (Å²) >= 11 is 0. The molecule has 0 radical (unpaired) electrons. The summed E-state index contributed by atoms with van der Waals surface area (Å²) < 4.78 is 5.50. The number of amides is 1. The van der Waals surface area contributed by atoms with Crippen LogP contribution in [-0.4, -0.2) is 25.2 Å². The molecule has 2 heterocycles. The van der Waals surface area contributed by atoms with Crippen LogP contribution in [0.3, 0.4) is 0 Å². The van der Waals surface area contributed by atoms with Crippen molar-refractivity contribution in [3.63, 3.8) is 0 Å². The van der Waals surface area contributed by atoms with Crippen molar-refractivity contribution < 1.29 is 9.53 Å². The van der Waals surface area contributed by atoms with E-state index in [1.807, 2.05) is 6.92 Å². The van der Waals surface area contributed by atoms with Gasteiger partial charge in [-0.3, -0.25) is 4.79 Å². The second kappa shape index (κ2) is 2.98. The summed E-state index contributed by atoms with van der Waals surface area (Å²) in [6.45, 7) is 5.72. The zero-order valence-electron chi connectivity index (χ0n) is 8.30. The summed E-state index contributed by atoms with van der Waals surface area (Å²) in [5.41, 5.74) is 0.0787. The Morgan fingerprint density at radius 2 is 2.31 bits per heavy atom. The van der Waals surface area contributed by atoms with Crippen molar-refractivity contribution >= 4 is 5.91 Å². The van der Waals surface area contributed by atoms with Crippen LogP contribution in [0.5, 0.6) is 0 Å². The first-order chi connectivity index (χ1) is 6.17. The largest absolute Gasteiger partial charge is 0.381 e. The second-order valence-corrected chi connectivity index (χ2v) is 4.34. The van der Waals surface area contributed by atoms with Crippen LogP contribution in [0.2, 0.25) is 0 Å². The molecule has 2 saturated heterocycles. The van der Waals surface area contributed by atoms with Gasteiger partial charge in [-0.15, -0.1) is 0 Å². The highest BCUT2D eigenvalue weighted by molar-refractivity contribution is 5.82. The van der Waals surface area contributed by atoms with Gasteiger partial charge in [0.05, 0.1) is 6.61 Å². The molecule has 1 spiro atoms. The monoisotopic (exact) mass is 183 g/mol. The number of ether oxygens (including phenoxy) is 1. The average Bonchev–Trinajstić information content (AvgIpc) is 2.34. The zero-order valence-corrected chi connectivity index (χ0v) is 8.30. The standard InChI is InChI=1S/C10H17NO2/c1-7-9(12)11-8(2)10(7)4-3-5-13-6-10/h7-8H,3-6H2,1-2H3,(H,11,12). The Hall–Kier alpha value is -0.570. The highest BCUT2D eigenvalue weighted by atomic mass is 16.5. The molecule has 0 aliphatic carbocycles. The molecule has 0 aromatic rings. The van der Waals surface area contributed by atoms with Gasteiger partial charge in [-0.25, -0.2) is 0 Å².